The molecule has 3 N–H and O–H groups in total. The third kappa shape index (κ3) is 3.37. The number of hydrogen-bond acceptors (Lipinski definition) is 6. The normalized spacial score (nSPS) is 10.4. The Morgan fingerprint density at radius 2 is 2.21 bits per heavy atom. The minimum atomic E-state index is 0.412. The fraction of sp³-hybridized carbons (Fsp3) is 0.385. The first-order valence-corrected chi connectivity index (χ1v) is 6.23. The lowest BCUT2D eigenvalue weighted by Crippen LogP contribution is -2.08. The number of furan rings is 1. The van der Waals surface area contributed by atoms with E-state index in [1.54, 1.807) is 0 Å². The van der Waals surface area contributed by atoms with Crippen LogP contribution < -0.4 is 15.8 Å². The van der Waals surface area contributed by atoms with Crippen molar-refractivity contribution in [1.82, 2.24) is 9.97 Å². The second kappa shape index (κ2) is 6.08. The molecule has 6 heteroatoms. The van der Waals surface area contributed by atoms with Gasteiger partial charge in [0.25, 0.3) is 0 Å². The van der Waals surface area contributed by atoms with Crippen LogP contribution in [0.3, 0.4) is 0 Å². The molecular weight excluding hydrogens is 244 g/mol. The van der Waals surface area contributed by atoms with Gasteiger partial charge in [0.05, 0.1) is 13.2 Å². The van der Waals surface area contributed by atoms with E-state index in [1.807, 2.05) is 26.0 Å². The highest BCUT2D eigenvalue weighted by atomic mass is 16.5. The standard InChI is InChI=1S/C13H18N4O2/c1-3-6-18-13-11(14)12(16-8-17-13)15-7-10-5-4-9(2)19-10/h4-5,8H,3,6-7,14H2,1-2H3,(H,15,16,17). The molecule has 0 fully saturated rings. The number of nitrogens with two attached hydrogens (primary N) is 1. The average Bonchev–Trinajstić information content (AvgIpc) is 2.82. The molecule has 0 amide bonds. The predicted molar refractivity (Wildman–Crippen MR) is 73.0 cm³/mol. The maximum absolute atomic E-state index is 5.95. The molecule has 2 rings (SSSR count). The molecule has 0 atom stereocenters. The Morgan fingerprint density at radius 1 is 1.37 bits per heavy atom. The summed E-state index contributed by atoms with van der Waals surface area (Å²) in [6, 6.07) is 3.82. The van der Waals surface area contributed by atoms with Gasteiger partial charge in [-0.15, -0.1) is 0 Å². The van der Waals surface area contributed by atoms with E-state index in [9.17, 15) is 0 Å². The van der Waals surface area contributed by atoms with Gasteiger partial charge in [-0.1, -0.05) is 6.92 Å². The summed E-state index contributed by atoms with van der Waals surface area (Å²) >= 11 is 0. The number of anilines is 2. The van der Waals surface area contributed by atoms with Gasteiger partial charge in [-0.05, 0) is 25.5 Å². The Hall–Kier alpha value is -2.24. The molecule has 0 aliphatic carbocycles. The number of hydrogen-bond donors (Lipinski definition) is 2. The molecule has 0 radical (unpaired) electrons. The van der Waals surface area contributed by atoms with Gasteiger partial charge in [0.15, 0.2) is 5.82 Å². The molecule has 6 nitrogen and oxygen atoms in total. The van der Waals surface area contributed by atoms with E-state index >= 15 is 0 Å². The van der Waals surface area contributed by atoms with Crippen LogP contribution in [0.1, 0.15) is 24.9 Å². The second-order valence-corrected chi connectivity index (χ2v) is 4.16. The van der Waals surface area contributed by atoms with Crippen LogP contribution in [-0.4, -0.2) is 16.6 Å². The first kappa shape index (κ1) is 13.2. The summed E-state index contributed by atoms with van der Waals surface area (Å²) < 4.78 is 10.9. The number of ether oxygens (including phenoxy) is 1. The van der Waals surface area contributed by atoms with Gasteiger partial charge in [-0.2, -0.15) is 4.98 Å². The summed E-state index contributed by atoms with van der Waals surface area (Å²) in [7, 11) is 0. The van der Waals surface area contributed by atoms with E-state index in [4.69, 9.17) is 14.9 Å². The molecule has 0 aliphatic rings. The van der Waals surface area contributed by atoms with Gasteiger partial charge in [0.2, 0.25) is 5.88 Å². The van der Waals surface area contributed by atoms with Crippen molar-refractivity contribution >= 4 is 11.5 Å². The zero-order valence-electron chi connectivity index (χ0n) is 11.1. The van der Waals surface area contributed by atoms with Gasteiger partial charge in [0.1, 0.15) is 23.5 Å². The highest BCUT2D eigenvalue weighted by molar-refractivity contribution is 5.66. The third-order valence-electron chi connectivity index (χ3n) is 2.52. The summed E-state index contributed by atoms with van der Waals surface area (Å²) in [5.41, 5.74) is 6.37. The molecule has 2 aromatic heterocycles. The first-order chi connectivity index (χ1) is 9.20. The summed E-state index contributed by atoms with van der Waals surface area (Å²) in [4.78, 5) is 8.11. The van der Waals surface area contributed by atoms with Crippen LogP contribution >= 0.6 is 0 Å². The number of aryl methyl sites for hydroxylation is 1. The van der Waals surface area contributed by atoms with Crippen molar-refractivity contribution in [3.05, 3.63) is 30.0 Å². The highest BCUT2D eigenvalue weighted by Gasteiger charge is 2.09. The van der Waals surface area contributed by atoms with Crippen LogP contribution in [0.2, 0.25) is 0 Å². The van der Waals surface area contributed by atoms with Crippen molar-refractivity contribution < 1.29 is 9.15 Å². The molecule has 2 aromatic rings. The smallest absolute Gasteiger partial charge is 0.242 e. The quantitative estimate of drug-likeness (QED) is 0.831. The Balaban J connectivity index is 2.03. The van der Waals surface area contributed by atoms with Gasteiger partial charge < -0.3 is 20.2 Å². The minimum absolute atomic E-state index is 0.412. The fourth-order valence-corrected chi connectivity index (χ4v) is 1.59. The Kier molecular flexibility index (Phi) is 4.22. The summed E-state index contributed by atoms with van der Waals surface area (Å²) in [5.74, 6) is 2.66. The van der Waals surface area contributed by atoms with E-state index in [0.29, 0.717) is 30.5 Å². The second-order valence-electron chi connectivity index (χ2n) is 4.16. The summed E-state index contributed by atoms with van der Waals surface area (Å²) in [5, 5.41) is 3.11. The van der Waals surface area contributed by atoms with E-state index in [1.165, 1.54) is 6.33 Å². The predicted octanol–water partition coefficient (Wildman–Crippen LogP) is 2.36. The molecule has 0 saturated heterocycles. The lowest BCUT2D eigenvalue weighted by atomic mass is 10.4. The van der Waals surface area contributed by atoms with Gasteiger partial charge in [-0.25, -0.2) is 4.98 Å². The molecule has 0 unspecified atom stereocenters. The Labute approximate surface area is 112 Å². The van der Waals surface area contributed by atoms with Crippen molar-refractivity contribution in [2.24, 2.45) is 0 Å². The number of nitrogens with one attached hydrogen (secondary N) is 1. The molecule has 0 saturated carbocycles. The molecule has 0 spiro atoms. The van der Waals surface area contributed by atoms with Crippen molar-refractivity contribution in [2.75, 3.05) is 17.7 Å². The van der Waals surface area contributed by atoms with Gasteiger partial charge in [-0.3, -0.25) is 0 Å². The first-order valence-electron chi connectivity index (χ1n) is 6.23. The number of rotatable bonds is 6. The van der Waals surface area contributed by atoms with Crippen LogP contribution in [0.5, 0.6) is 5.88 Å². The third-order valence-corrected chi connectivity index (χ3v) is 2.52. The van der Waals surface area contributed by atoms with Crippen molar-refractivity contribution in [1.29, 1.82) is 0 Å². The number of nitrogen functional groups attached to an aromatic ring is 1. The lowest BCUT2D eigenvalue weighted by Gasteiger charge is -2.10. The Morgan fingerprint density at radius 3 is 2.89 bits per heavy atom. The monoisotopic (exact) mass is 262 g/mol. The van der Waals surface area contributed by atoms with Crippen LogP contribution in [-0.2, 0) is 6.54 Å². The molecule has 2 heterocycles. The van der Waals surface area contributed by atoms with E-state index in [0.717, 1.165) is 17.9 Å². The zero-order valence-corrected chi connectivity index (χ0v) is 11.1. The SMILES string of the molecule is CCCOc1ncnc(NCc2ccc(C)o2)c1N. The molecule has 0 bridgehead atoms. The van der Waals surface area contributed by atoms with E-state index in [2.05, 4.69) is 15.3 Å². The van der Waals surface area contributed by atoms with Crippen LogP contribution in [0.25, 0.3) is 0 Å². The van der Waals surface area contributed by atoms with Gasteiger partial charge >= 0.3 is 0 Å². The molecule has 19 heavy (non-hydrogen) atoms. The van der Waals surface area contributed by atoms with Crippen LogP contribution in [0.15, 0.2) is 22.9 Å². The molecule has 102 valence electrons. The summed E-state index contributed by atoms with van der Waals surface area (Å²) in [6.07, 6.45) is 2.33. The van der Waals surface area contributed by atoms with E-state index in [-0.39, 0.29) is 0 Å². The topological polar surface area (TPSA) is 86.2 Å². The molecule has 0 aromatic carbocycles. The van der Waals surface area contributed by atoms with Gasteiger partial charge in [0, 0.05) is 0 Å². The largest absolute Gasteiger partial charge is 0.476 e. The average molecular weight is 262 g/mol. The molecular formula is C13H18N4O2. The highest BCUT2D eigenvalue weighted by Crippen LogP contribution is 2.25. The number of aromatic nitrogens is 2. The molecule has 0 aliphatic heterocycles. The van der Waals surface area contributed by atoms with Crippen molar-refractivity contribution in [3.63, 3.8) is 0 Å². The lowest BCUT2D eigenvalue weighted by molar-refractivity contribution is 0.306. The fourth-order valence-electron chi connectivity index (χ4n) is 1.59. The zero-order chi connectivity index (χ0) is 13.7. The number of nitrogens with zero attached hydrogens (tertiary/aromatic N) is 2. The Bertz CT molecular complexity index is 539. The van der Waals surface area contributed by atoms with Crippen LogP contribution in [0, 0.1) is 6.92 Å². The minimum Gasteiger partial charge on any atom is -0.476 e. The van der Waals surface area contributed by atoms with Crippen LogP contribution in [0.4, 0.5) is 11.5 Å². The maximum atomic E-state index is 5.95. The summed E-state index contributed by atoms with van der Waals surface area (Å²) in [6.45, 7) is 5.02. The maximum Gasteiger partial charge on any atom is 0.242 e. The van der Waals surface area contributed by atoms with Crippen molar-refractivity contribution in [3.8, 4) is 5.88 Å². The van der Waals surface area contributed by atoms with Crippen molar-refractivity contribution in [2.45, 2.75) is 26.8 Å². The van der Waals surface area contributed by atoms with E-state index < -0.39 is 0 Å².